The first-order chi connectivity index (χ1) is 25.6. The maximum atomic E-state index is 13.9. The maximum Gasteiger partial charge on any atom is 0.407 e. The molecular weight excluding hydrogens is 684 g/mol. The summed E-state index contributed by atoms with van der Waals surface area (Å²) >= 11 is 0. The molecule has 7 rings (SSSR count). The quantitative estimate of drug-likeness (QED) is 0.202. The summed E-state index contributed by atoms with van der Waals surface area (Å²) in [4.78, 5) is 64.7. The van der Waals surface area contributed by atoms with Crippen molar-refractivity contribution >= 4 is 40.6 Å². The predicted octanol–water partition coefficient (Wildman–Crippen LogP) is 4.08. The highest BCUT2D eigenvalue weighted by Crippen LogP contribution is 2.35. The van der Waals surface area contributed by atoms with Crippen molar-refractivity contribution < 1.29 is 37.9 Å². The van der Waals surface area contributed by atoms with Gasteiger partial charge in [-0.2, -0.15) is 0 Å². The zero-order chi connectivity index (χ0) is 37.2. The van der Waals surface area contributed by atoms with Gasteiger partial charge < -0.3 is 44.2 Å². The Morgan fingerprint density at radius 1 is 1.00 bits per heavy atom. The van der Waals surface area contributed by atoms with Gasteiger partial charge in [-0.15, -0.1) is 0 Å². The number of nitrogens with one attached hydrogen (secondary N) is 3. The monoisotopic (exact) mass is 728 g/mol. The van der Waals surface area contributed by atoms with Crippen molar-refractivity contribution in [3.05, 3.63) is 54.5 Å². The summed E-state index contributed by atoms with van der Waals surface area (Å²) in [6.07, 6.45) is 3.43. The van der Waals surface area contributed by atoms with Gasteiger partial charge in [0.1, 0.15) is 18.4 Å². The number of anilines is 1. The SMILES string of the molecule is COC(=O)NCC(=O)N1CCC[C@H]1C(=O)Nc1noc2ccc(-c3ccc(-c4cnc([C@@H]5CCCN5C(=O)[C@H](C(C)C)N(C)C5OCO5)[nH]4)cc3)cc12. The first-order valence-electron chi connectivity index (χ1n) is 17.9. The predicted molar refractivity (Wildman–Crippen MR) is 192 cm³/mol. The molecule has 0 radical (unpaired) electrons. The third kappa shape index (κ3) is 7.34. The standard InChI is InChI=1S/C37H44N8O8/c1-21(2)31(43(3)37-51-20-52-37)35(48)45-16-5-7-27(45)33-38-18-26(40-33)23-11-9-22(10-12-23)24-13-14-29-25(17-24)32(42-53-29)41-34(47)28-8-6-15-44(28)30(46)19-39-36(49)50-4/h9-14,17-18,21,27-28,31,37H,5-8,15-16,19-20H2,1-4H3,(H,38,40)(H,39,49)(H,41,42,47)/t27-,28-,31-/m0/s1. The molecule has 0 spiro atoms. The summed E-state index contributed by atoms with van der Waals surface area (Å²) in [6.45, 7) is 5.10. The Balaban J connectivity index is 1.02. The molecule has 5 heterocycles. The maximum absolute atomic E-state index is 13.9. The Bertz CT molecular complexity index is 1970. The molecule has 4 aromatic rings. The Labute approximate surface area is 306 Å². The molecular formula is C37H44N8O8. The van der Waals surface area contributed by atoms with Crippen molar-refractivity contribution in [2.75, 3.05) is 45.9 Å². The van der Waals surface area contributed by atoms with Crippen LogP contribution in [0.25, 0.3) is 33.4 Å². The summed E-state index contributed by atoms with van der Waals surface area (Å²) < 4.78 is 21.0. The fourth-order valence-electron chi connectivity index (χ4n) is 7.47. The molecule has 280 valence electrons. The average Bonchev–Trinajstić information content (AvgIpc) is 3.96. The minimum absolute atomic E-state index is 0.0412. The number of aromatic amines is 1. The summed E-state index contributed by atoms with van der Waals surface area (Å²) in [5.74, 6) is 0.363. The lowest BCUT2D eigenvalue weighted by atomic mass is 10.0. The summed E-state index contributed by atoms with van der Waals surface area (Å²) in [5, 5.41) is 9.92. The zero-order valence-electron chi connectivity index (χ0n) is 30.2. The first kappa shape index (κ1) is 36.1. The van der Waals surface area contributed by atoms with Gasteiger partial charge in [0.15, 0.2) is 18.2 Å². The van der Waals surface area contributed by atoms with Crippen molar-refractivity contribution in [1.82, 2.24) is 35.1 Å². The number of carbonyl (C=O) groups is 4. The molecule has 2 aromatic carbocycles. The van der Waals surface area contributed by atoms with Crippen molar-refractivity contribution in [3.8, 4) is 22.4 Å². The van der Waals surface area contributed by atoms with E-state index in [0.717, 1.165) is 41.1 Å². The molecule has 16 nitrogen and oxygen atoms in total. The molecule has 16 heteroatoms. The molecule has 0 saturated carbocycles. The average molecular weight is 729 g/mol. The van der Waals surface area contributed by atoms with Crippen molar-refractivity contribution in [2.45, 2.75) is 64.1 Å². The van der Waals surface area contributed by atoms with Crippen LogP contribution in [-0.4, -0.2) is 113 Å². The van der Waals surface area contributed by atoms with Gasteiger partial charge in [-0.25, -0.2) is 14.7 Å². The van der Waals surface area contributed by atoms with E-state index in [2.05, 4.69) is 25.5 Å². The molecule has 3 aliphatic heterocycles. The summed E-state index contributed by atoms with van der Waals surface area (Å²) in [5.41, 5.74) is 4.12. The Hall–Kier alpha value is -5.32. The highest BCUT2D eigenvalue weighted by Gasteiger charge is 2.42. The number of fused-ring (bicyclic) bond motifs is 1. The van der Waals surface area contributed by atoms with Crippen molar-refractivity contribution in [3.63, 3.8) is 0 Å². The number of hydrogen-bond acceptors (Lipinski definition) is 11. The molecule has 3 saturated heterocycles. The normalized spacial score (nSPS) is 19.5. The van der Waals surface area contributed by atoms with E-state index in [1.807, 2.05) is 67.1 Å². The molecule has 0 aliphatic carbocycles. The fourth-order valence-corrected chi connectivity index (χ4v) is 7.47. The van der Waals surface area contributed by atoms with Gasteiger partial charge in [-0.3, -0.25) is 14.4 Å². The van der Waals surface area contributed by atoms with Crippen LogP contribution in [0, 0.1) is 5.92 Å². The second kappa shape index (κ2) is 15.3. The fraction of sp³-hybridized carbons (Fsp3) is 0.459. The number of H-pyrrole nitrogens is 1. The van der Waals surface area contributed by atoms with E-state index in [1.54, 1.807) is 12.3 Å². The van der Waals surface area contributed by atoms with E-state index in [0.29, 0.717) is 36.9 Å². The number of carbonyl (C=O) groups excluding carboxylic acids is 4. The molecule has 3 aliphatic rings. The Morgan fingerprint density at radius 2 is 1.72 bits per heavy atom. The van der Waals surface area contributed by atoms with Crippen molar-refractivity contribution in [1.29, 1.82) is 0 Å². The van der Waals surface area contributed by atoms with Gasteiger partial charge in [0.05, 0.1) is 36.5 Å². The molecule has 3 N–H and O–H groups in total. The van der Waals surface area contributed by atoms with Gasteiger partial charge >= 0.3 is 6.09 Å². The second-order valence-electron chi connectivity index (χ2n) is 13.9. The van der Waals surface area contributed by atoms with Gasteiger partial charge in [0.25, 0.3) is 0 Å². The molecule has 53 heavy (non-hydrogen) atoms. The number of imidazole rings is 1. The third-order valence-electron chi connectivity index (χ3n) is 10.2. The number of benzene rings is 2. The van der Waals surface area contributed by atoms with Crippen LogP contribution in [0.3, 0.4) is 0 Å². The number of aromatic nitrogens is 3. The van der Waals surface area contributed by atoms with Crippen LogP contribution in [0.15, 0.2) is 53.2 Å². The second-order valence-corrected chi connectivity index (χ2v) is 13.9. The molecule has 3 fully saturated rings. The lowest BCUT2D eigenvalue weighted by Crippen LogP contribution is -2.57. The van der Waals surface area contributed by atoms with Crippen LogP contribution in [0.4, 0.5) is 10.6 Å². The number of rotatable bonds is 11. The lowest BCUT2D eigenvalue weighted by molar-refractivity contribution is -0.376. The topological polar surface area (TPSA) is 184 Å². The number of alkyl carbamates (subject to hydrolysis) is 1. The zero-order valence-corrected chi connectivity index (χ0v) is 30.2. The van der Waals surface area contributed by atoms with Crippen LogP contribution in [0.5, 0.6) is 0 Å². The minimum atomic E-state index is -0.718. The molecule has 4 amide bonds. The first-order valence-corrected chi connectivity index (χ1v) is 17.9. The van der Waals surface area contributed by atoms with E-state index in [1.165, 1.54) is 12.0 Å². The number of methoxy groups -OCH3 is 1. The smallest absolute Gasteiger partial charge is 0.407 e. The number of nitrogens with zero attached hydrogens (tertiary/aromatic N) is 5. The van der Waals surface area contributed by atoms with Gasteiger partial charge in [0.2, 0.25) is 24.1 Å². The number of hydrogen-bond donors (Lipinski definition) is 3. The minimum Gasteiger partial charge on any atom is -0.453 e. The Morgan fingerprint density at radius 3 is 2.43 bits per heavy atom. The van der Waals surface area contributed by atoms with Crippen molar-refractivity contribution in [2.24, 2.45) is 5.92 Å². The van der Waals surface area contributed by atoms with Gasteiger partial charge in [-0.1, -0.05) is 49.3 Å². The van der Waals surface area contributed by atoms with Crippen LogP contribution in [0.2, 0.25) is 0 Å². The largest absolute Gasteiger partial charge is 0.453 e. The van der Waals surface area contributed by atoms with E-state index in [4.69, 9.17) is 19.0 Å². The molecule has 0 unspecified atom stereocenters. The highest BCUT2D eigenvalue weighted by molar-refractivity contribution is 6.03. The third-order valence-corrected chi connectivity index (χ3v) is 10.2. The number of likely N-dealkylation sites (N-methyl/N-ethyl adjacent to an activating group) is 1. The summed E-state index contributed by atoms with van der Waals surface area (Å²) in [7, 11) is 3.08. The van der Waals surface area contributed by atoms with Crippen LogP contribution >= 0.6 is 0 Å². The molecule has 3 atom stereocenters. The highest BCUT2D eigenvalue weighted by atomic mass is 16.9. The molecule has 2 aromatic heterocycles. The number of ether oxygens (including phenoxy) is 3. The summed E-state index contributed by atoms with van der Waals surface area (Å²) in [6, 6.07) is 12.4. The van der Waals surface area contributed by atoms with Crippen LogP contribution < -0.4 is 10.6 Å². The van der Waals surface area contributed by atoms with Crippen LogP contribution in [-0.2, 0) is 28.6 Å². The van der Waals surface area contributed by atoms with E-state index >= 15 is 0 Å². The van der Waals surface area contributed by atoms with Gasteiger partial charge in [0, 0.05) is 13.1 Å². The van der Waals surface area contributed by atoms with E-state index in [-0.39, 0.29) is 54.9 Å². The molecule has 0 bridgehead atoms. The number of likely N-dealkylation sites (tertiary alicyclic amines) is 2. The lowest BCUT2D eigenvalue weighted by Gasteiger charge is -2.41. The van der Waals surface area contributed by atoms with Gasteiger partial charge in [-0.05, 0) is 67.5 Å². The Kier molecular flexibility index (Phi) is 10.4. The van der Waals surface area contributed by atoms with E-state index < -0.39 is 18.5 Å². The number of amides is 4. The van der Waals surface area contributed by atoms with Crippen LogP contribution in [0.1, 0.15) is 51.4 Å². The van der Waals surface area contributed by atoms with E-state index in [9.17, 15) is 19.2 Å².